The van der Waals surface area contributed by atoms with Crippen molar-refractivity contribution < 1.29 is 14.2 Å². The van der Waals surface area contributed by atoms with Gasteiger partial charge in [-0.2, -0.15) is 5.26 Å². The Morgan fingerprint density at radius 1 is 0.867 bits per heavy atom. The molecular weight excluding hydrogens is 510 g/mol. The van der Waals surface area contributed by atoms with Gasteiger partial charge in [-0.15, -0.1) is 0 Å². The highest BCUT2D eigenvalue weighted by Gasteiger charge is 2.10. The van der Waals surface area contributed by atoms with E-state index in [2.05, 4.69) is 37.9 Å². The molecule has 30 heavy (non-hydrogen) atoms. The van der Waals surface area contributed by atoms with Crippen molar-refractivity contribution in [2.24, 2.45) is 0 Å². The Labute approximate surface area is 193 Å². The van der Waals surface area contributed by atoms with Crippen molar-refractivity contribution in [1.29, 1.82) is 5.26 Å². The third kappa shape index (κ3) is 5.44. The van der Waals surface area contributed by atoms with Crippen molar-refractivity contribution in [2.75, 3.05) is 14.2 Å². The second-order valence-corrected chi connectivity index (χ2v) is 8.17. The summed E-state index contributed by atoms with van der Waals surface area (Å²) in [6.45, 7) is 0.425. The summed E-state index contributed by atoms with van der Waals surface area (Å²) >= 11 is 6.94. The highest BCUT2D eigenvalue weighted by atomic mass is 79.9. The number of methoxy groups -OCH3 is 2. The Bertz CT molecular complexity index is 1100. The van der Waals surface area contributed by atoms with Gasteiger partial charge in [-0.3, -0.25) is 0 Å². The molecule has 0 aliphatic rings. The predicted octanol–water partition coefficient (Wildman–Crippen LogP) is 6.87. The van der Waals surface area contributed by atoms with E-state index in [1.807, 2.05) is 54.6 Å². The number of ether oxygens (including phenoxy) is 3. The molecule has 3 aromatic carbocycles. The summed E-state index contributed by atoms with van der Waals surface area (Å²) in [6.07, 6.45) is 1.81. The lowest BCUT2D eigenvalue weighted by atomic mass is 10.0. The standard InChI is InChI=1S/C24H19Br2NO3/c1-28-23-9-5-17(13-24(23)29-2)19(14-27)11-18-12-21(26)8-10-22(18)30-15-16-3-6-20(25)7-4-16/h3-13H,15H2,1-2H3/b19-11+. The van der Waals surface area contributed by atoms with Crippen molar-refractivity contribution in [3.8, 4) is 23.3 Å². The molecule has 0 atom stereocenters. The molecule has 0 bridgehead atoms. The minimum Gasteiger partial charge on any atom is -0.493 e. The fourth-order valence-corrected chi connectivity index (χ4v) is 3.49. The monoisotopic (exact) mass is 527 g/mol. The number of nitriles is 1. The summed E-state index contributed by atoms with van der Waals surface area (Å²) in [5, 5.41) is 9.78. The van der Waals surface area contributed by atoms with Crippen LogP contribution in [0.15, 0.2) is 69.6 Å². The molecule has 0 saturated carbocycles. The van der Waals surface area contributed by atoms with Gasteiger partial charge in [-0.25, -0.2) is 0 Å². The van der Waals surface area contributed by atoms with E-state index in [-0.39, 0.29) is 0 Å². The summed E-state index contributed by atoms with van der Waals surface area (Å²) in [5.74, 6) is 1.87. The minimum atomic E-state index is 0.425. The van der Waals surface area contributed by atoms with Gasteiger partial charge in [0.05, 0.1) is 25.9 Å². The number of hydrogen-bond acceptors (Lipinski definition) is 4. The molecule has 0 amide bonds. The summed E-state index contributed by atoms with van der Waals surface area (Å²) in [5.41, 5.74) is 3.07. The van der Waals surface area contributed by atoms with Gasteiger partial charge in [-0.05, 0) is 65.7 Å². The highest BCUT2D eigenvalue weighted by Crippen LogP contribution is 2.33. The van der Waals surface area contributed by atoms with Gasteiger partial charge in [0.2, 0.25) is 0 Å². The SMILES string of the molecule is COc1ccc(/C(C#N)=C/c2cc(Br)ccc2OCc2ccc(Br)cc2)cc1OC. The molecule has 0 heterocycles. The maximum atomic E-state index is 9.78. The van der Waals surface area contributed by atoms with Crippen LogP contribution in [0.1, 0.15) is 16.7 Å². The van der Waals surface area contributed by atoms with Crippen molar-refractivity contribution in [3.63, 3.8) is 0 Å². The lowest BCUT2D eigenvalue weighted by molar-refractivity contribution is 0.305. The van der Waals surface area contributed by atoms with Crippen LogP contribution in [0.25, 0.3) is 11.6 Å². The van der Waals surface area contributed by atoms with E-state index in [4.69, 9.17) is 14.2 Å². The van der Waals surface area contributed by atoms with Gasteiger partial charge >= 0.3 is 0 Å². The Hall–Kier alpha value is -2.75. The molecule has 0 aliphatic carbocycles. The molecule has 3 aromatic rings. The van der Waals surface area contributed by atoms with Crippen molar-refractivity contribution in [1.82, 2.24) is 0 Å². The molecule has 3 rings (SSSR count). The topological polar surface area (TPSA) is 51.5 Å². The fourth-order valence-electron chi connectivity index (χ4n) is 2.84. The average Bonchev–Trinajstić information content (AvgIpc) is 2.77. The molecule has 0 fully saturated rings. The van der Waals surface area contributed by atoms with Crippen LogP contribution >= 0.6 is 31.9 Å². The molecule has 0 saturated heterocycles. The summed E-state index contributed by atoms with van der Waals surface area (Å²) in [6, 6.07) is 21.4. The number of halogens is 2. The van der Waals surface area contributed by atoms with Gasteiger partial charge in [0.1, 0.15) is 12.4 Å². The maximum Gasteiger partial charge on any atom is 0.161 e. The summed E-state index contributed by atoms with van der Waals surface area (Å²) < 4.78 is 18.6. The number of allylic oxidation sites excluding steroid dienone is 1. The first-order valence-electron chi connectivity index (χ1n) is 9.05. The van der Waals surface area contributed by atoms with Crippen molar-refractivity contribution in [3.05, 3.63) is 86.3 Å². The van der Waals surface area contributed by atoms with Crippen LogP contribution in [0.3, 0.4) is 0 Å². The Morgan fingerprint density at radius 2 is 1.53 bits per heavy atom. The summed E-state index contributed by atoms with van der Waals surface area (Å²) in [7, 11) is 3.15. The third-order valence-electron chi connectivity index (χ3n) is 4.39. The Balaban J connectivity index is 1.93. The van der Waals surface area contributed by atoms with Gasteiger partial charge in [0, 0.05) is 14.5 Å². The molecule has 4 nitrogen and oxygen atoms in total. The highest BCUT2D eigenvalue weighted by molar-refractivity contribution is 9.10. The van der Waals surface area contributed by atoms with E-state index in [1.165, 1.54) is 0 Å². The van der Waals surface area contributed by atoms with E-state index >= 15 is 0 Å². The first-order valence-corrected chi connectivity index (χ1v) is 10.6. The van der Waals surface area contributed by atoms with Crippen LogP contribution in [0.4, 0.5) is 0 Å². The zero-order chi connectivity index (χ0) is 21.5. The molecular formula is C24H19Br2NO3. The summed E-state index contributed by atoms with van der Waals surface area (Å²) in [4.78, 5) is 0. The fraction of sp³-hybridized carbons (Fsp3) is 0.125. The van der Waals surface area contributed by atoms with Crippen LogP contribution in [0, 0.1) is 11.3 Å². The Morgan fingerprint density at radius 3 is 2.20 bits per heavy atom. The molecule has 0 aromatic heterocycles. The van der Waals surface area contributed by atoms with Gasteiger partial charge in [0.15, 0.2) is 11.5 Å². The van der Waals surface area contributed by atoms with Crippen LogP contribution in [0.5, 0.6) is 17.2 Å². The van der Waals surface area contributed by atoms with E-state index in [9.17, 15) is 5.26 Å². The van der Waals surface area contributed by atoms with Crippen molar-refractivity contribution >= 4 is 43.5 Å². The molecule has 0 N–H and O–H groups in total. The largest absolute Gasteiger partial charge is 0.493 e. The zero-order valence-electron chi connectivity index (χ0n) is 16.5. The van der Waals surface area contributed by atoms with Crippen molar-refractivity contribution in [2.45, 2.75) is 6.61 Å². The van der Waals surface area contributed by atoms with Gasteiger partial charge in [-0.1, -0.05) is 44.0 Å². The van der Waals surface area contributed by atoms with Crippen LogP contribution < -0.4 is 14.2 Å². The molecule has 0 radical (unpaired) electrons. The van der Waals surface area contributed by atoms with E-state index in [1.54, 1.807) is 26.4 Å². The van der Waals surface area contributed by atoms with Crippen LogP contribution in [-0.4, -0.2) is 14.2 Å². The second-order valence-electron chi connectivity index (χ2n) is 6.34. The second kappa shape index (κ2) is 10.3. The Kier molecular flexibility index (Phi) is 7.56. The van der Waals surface area contributed by atoms with Crippen LogP contribution in [-0.2, 0) is 6.61 Å². The molecule has 0 spiro atoms. The normalized spacial score (nSPS) is 11.0. The maximum absolute atomic E-state index is 9.78. The molecule has 6 heteroatoms. The molecule has 0 aliphatic heterocycles. The van der Waals surface area contributed by atoms with E-state index < -0.39 is 0 Å². The lowest BCUT2D eigenvalue weighted by Gasteiger charge is -2.12. The minimum absolute atomic E-state index is 0.425. The average molecular weight is 529 g/mol. The zero-order valence-corrected chi connectivity index (χ0v) is 19.7. The third-order valence-corrected chi connectivity index (χ3v) is 5.42. The van der Waals surface area contributed by atoms with Gasteiger partial charge < -0.3 is 14.2 Å². The number of benzene rings is 3. The molecule has 152 valence electrons. The number of hydrogen-bond donors (Lipinski definition) is 0. The first-order chi connectivity index (χ1) is 14.5. The number of nitrogens with zero attached hydrogens (tertiary/aromatic N) is 1. The smallest absolute Gasteiger partial charge is 0.161 e. The van der Waals surface area contributed by atoms with E-state index in [0.29, 0.717) is 29.4 Å². The number of rotatable bonds is 7. The van der Waals surface area contributed by atoms with Crippen LogP contribution in [0.2, 0.25) is 0 Å². The molecule has 0 unspecified atom stereocenters. The predicted molar refractivity (Wildman–Crippen MR) is 126 cm³/mol. The van der Waals surface area contributed by atoms with Gasteiger partial charge in [0.25, 0.3) is 0 Å². The quantitative estimate of drug-likeness (QED) is 0.248. The van der Waals surface area contributed by atoms with E-state index in [0.717, 1.165) is 25.6 Å². The first kappa shape index (κ1) is 21.9. The lowest BCUT2D eigenvalue weighted by Crippen LogP contribution is -1.97.